The number of carbonyl (C=O) groups excluding carboxylic acids is 1. The smallest absolute Gasteiger partial charge is 0.262 e. The highest BCUT2D eigenvalue weighted by Crippen LogP contribution is 2.19. The molecule has 0 heterocycles. The van der Waals surface area contributed by atoms with E-state index in [0.29, 0.717) is 6.61 Å². The van der Waals surface area contributed by atoms with Crippen LogP contribution in [0.15, 0.2) is 42.5 Å². The van der Waals surface area contributed by atoms with Crippen molar-refractivity contribution in [3.8, 4) is 11.5 Å². The summed E-state index contributed by atoms with van der Waals surface area (Å²) in [5.74, 6) is 1.32. The molecular formula is C18H21NO3. The van der Waals surface area contributed by atoms with Crippen LogP contribution in [0.3, 0.4) is 0 Å². The summed E-state index contributed by atoms with van der Waals surface area (Å²) in [5.41, 5.74) is 2.91. The Hall–Kier alpha value is -2.49. The molecule has 2 aromatic carbocycles. The first-order valence-electron chi connectivity index (χ1n) is 7.31. The summed E-state index contributed by atoms with van der Waals surface area (Å²) in [4.78, 5) is 11.9. The molecule has 4 heteroatoms. The highest BCUT2D eigenvalue weighted by Gasteiger charge is 2.06. The maximum Gasteiger partial charge on any atom is 0.262 e. The Kier molecular flexibility index (Phi) is 5.42. The van der Waals surface area contributed by atoms with Crippen molar-refractivity contribution in [3.05, 3.63) is 53.6 Å². The fourth-order valence-corrected chi connectivity index (χ4v) is 2.10. The van der Waals surface area contributed by atoms with Crippen LogP contribution in [0, 0.1) is 13.8 Å². The highest BCUT2D eigenvalue weighted by atomic mass is 16.5. The van der Waals surface area contributed by atoms with Crippen molar-refractivity contribution in [2.75, 3.05) is 18.5 Å². The van der Waals surface area contributed by atoms with Crippen molar-refractivity contribution >= 4 is 11.6 Å². The van der Waals surface area contributed by atoms with Gasteiger partial charge >= 0.3 is 0 Å². The average Bonchev–Trinajstić information content (AvgIpc) is 2.49. The Bertz CT molecular complexity index is 635. The van der Waals surface area contributed by atoms with Gasteiger partial charge in [-0.3, -0.25) is 4.79 Å². The lowest BCUT2D eigenvalue weighted by atomic mass is 10.1. The van der Waals surface area contributed by atoms with Gasteiger partial charge < -0.3 is 14.8 Å². The molecule has 0 aromatic heterocycles. The van der Waals surface area contributed by atoms with E-state index in [1.807, 2.05) is 51.1 Å². The standard InChI is InChI=1S/C18H21NO3/c1-4-21-16-8-6-15(7-9-16)19-18(20)12-22-17-10-5-13(2)11-14(17)3/h5-11H,4,12H2,1-3H3,(H,19,20). The van der Waals surface area contributed by atoms with Crippen LogP contribution in [-0.4, -0.2) is 19.1 Å². The molecule has 0 aliphatic carbocycles. The van der Waals surface area contributed by atoms with E-state index >= 15 is 0 Å². The number of rotatable bonds is 6. The molecule has 0 saturated carbocycles. The molecule has 0 fully saturated rings. The van der Waals surface area contributed by atoms with E-state index in [1.165, 1.54) is 5.56 Å². The zero-order valence-electron chi connectivity index (χ0n) is 13.2. The van der Waals surface area contributed by atoms with Gasteiger partial charge in [0.05, 0.1) is 6.61 Å². The molecular weight excluding hydrogens is 278 g/mol. The SMILES string of the molecule is CCOc1ccc(NC(=O)COc2ccc(C)cc2C)cc1. The minimum atomic E-state index is -0.191. The summed E-state index contributed by atoms with van der Waals surface area (Å²) in [7, 11) is 0. The minimum absolute atomic E-state index is 0.0168. The van der Waals surface area contributed by atoms with E-state index < -0.39 is 0 Å². The lowest BCUT2D eigenvalue weighted by Gasteiger charge is -2.10. The van der Waals surface area contributed by atoms with E-state index in [-0.39, 0.29) is 12.5 Å². The Balaban J connectivity index is 1.87. The van der Waals surface area contributed by atoms with E-state index in [2.05, 4.69) is 5.32 Å². The molecule has 0 bridgehead atoms. The predicted octanol–water partition coefficient (Wildman–Crippen LogP) is 3.72. The van der Waals surface area contributed by atoms with Crippen LogP contribution in [0.4, 0.5) is 5.69 Å². The fourth-order valence-electron chi connectivity index (χ4n) is 2.10. The third-order valence-electron chi connectivity index (χ3n) is 3.14. The zero-order valence-corrected chi connectivity index (χ0v) is 13.2. The van der Waals surface area contributed by atoms with Gasteiger partial charge in [-0.1, -0.05) is 17.7 Å². The van der Waals surface area contributed by atoms with Gasteiger partial charge in [-0.15, -0.1) is 0 Å². The Labute approximate surface area is 131 Å². The minimum Gasteiger partial charge on any atom is -0.494 e. The van der Waals surface area contributed by atoms with Gasteiger partial charge in [0.15, 0.2) is 6.61 Å². The third kappa shape index (κ3) is 4.52. The van der Waals surface area contributed by atoms with Crippen LogP contribution >= 0.6 is 0 Å². The summed E-state index contributed by atoms with van der Waals surface area (Å²) in [5, 5.41) is 2.79. The van der Waals surface area contributed by atoms with Crippen molar-refractivity contribution in [2.24, 2.45) is 0 Å². The molecule has 0 atom stereocenters. The molecule has 0 radical (unpaired) electrons. The van der Waals surface area contributed by atoms with Crippen LogP contribution in [0.25, 0.3) is 0 Å². The summed E-state index contributed by atoms with van der Waals surface area (Å²) in [6.07, 6.45) is 0. The maximum atomic E-state index is 11.9. The van der Waals surface area contributed by atoms with Crippen molar-refractivity contribution in [1.29, 1.82) is 0 Å². The van der Waals surface area contributed by atoms with Crippen molar-refractivity contribution < 1.29 is 14.3 Å². The van der Waals surface area contributed by atoms with Crippen molar-refractivity contribution in [2.45, 2.75) is 20.8 Å². The molecule has 0 aliphatic rings. The van der Waals surface area contributed by atoms with Gasteiger partial charge in [-0.2, -0.15) is 0 Å². The normalized spacial score (nSPS) is 10.1. The number of aryl methyl sites for hydroxylation is 2. The molecule has 116 valence electrons. The largest absolute Gasteiger partial charge is 0.494 e. The van der Waals surface area contributed by atoms with E-state index in [1.54, 1.807) is 12.1 Å². The van der Waals surface area contributed by atoms with Crippen LogP contribution in [0.1, 0.15) is 18.1 Å². The molecule has 2 rings (SSSR count). The number of benzene rings is 2. The first-order chi connectivity index (χ1) is 10.6. The topological polar surface area (TPSA) is 47.6 Å². The molecule has 0 unspecified atom stereocenters. The number of nitrogens with one attached hydrogen (secondary N) is 1. The van der Waals surface area contributed by atoms with E-state index in [9.17, 15) is 4.79 Å². The van der Waals surface area contributed by atoms with Crippen LogP contribution in [0.5, 0.6) is 11.5 Å². The fraction of sp³-hybridized carbons (Fsp3) is 0.278. The predicted molar refractivity (Wildman–Crippen MR) is 87.7 cm³/mol. The zero-order chi connectivity index (χ0) is 15.9. The number of carbonyl (C=O) groups is 1. The quantitative estimate of drug-likeness (QED) is 0.884. The number of hydrogen-bond donors (Lipinski definition) is 1. The monoisotopic (exact) mass is 299 g/mol. The maximum absolute atomic E-state index is 11.9. The molecule has 4 nitrogen and oxygen atoms in total. The van der Waals surface area contributed by atoms with Crippen molar-refractivity contribution in [3.63, 3.8) is 0 Å². The summed E-state index contributed by atoms with van der Waals surface area (Å²) >= 11 is 0. The number of hydrogen-bond acceptors (Lipinski definition) is 3. The second kappa shape index (κ2) is 7.50. The van der Waals surface area contributed by atoms with E-state index in [4.69, 9.17) is 9.47 Å². The van der Waals surface area contributed by atoms with E-state index in [0.717, 1.165) is 22.7 Å². The molecule has 1 N–H and O–H groups in total. The molecule has 0 spiro atoms. The van der Waals surface area contributed by atoms with Gasteiger partial charge in [0.1, 0.15) is 11.5 Å². The molecule has 22 heavy (non-hydrogen) atoms. The summed E-state index contributed by atoms with van der Waals surface area (Å²) in [6.45, 7) is 6.52. The van der Waals surface area contributed by atoms with Gasteiger partial charge in [-0.05, 0) is 56.7 Å². The number of ether oxygens (including phenoxy) is 2. The highest BCUT2D eigenvalue weighted by molar-refractivity contribution is 5.91. The lowest BCUT2D eigenvalue weighted by Crippen LogP contribution is -2.20. The van der Waals surface area contributed by atoms with Gasteiger partial charge in [0.25, 0.3) is 5.91 Å². The Morgan fingerprint density at radius 1 is 1.05 bits per heavy atom. The molecule has 0 aliphatic heterocycles. The van der Waals surface area contributed by atoms with Crippen LogP contribution < -0.4 is 14.8 Å². The lowest BCUT2D eigenvalue weighted by molar-refractivity contribution is -0.118. The first-order valence-corrected chi connectivity index (χ1v) is 7.31. The molecule has 0 saturated heterocycles. The average molecular weight is 299 g/mol. The number of amides is 1. The molecule has 2 aromatic rings. The Morgan fingerprint density at radius 2 is 1.77 bits per heavy atom. The summed E-state index contributed by atoms with van der Waals surface area (Å²) < 4.78 is 10.9. The van der Waals surface area contributed by atoms with Gasteiger partial charge in [0.2, 0.25) is 0 Å². The van der Waals surface area contributed by atoms with Gasteiger partial charge in [-0.25, -0.2) is 0 Å². The van der Waals surface area contributed by atoms with Crippen LogP contribution in [0.2, 0.25) is 0 Å². The molecule has 1 amide bonds. The second-order valence-corrected chi connectivity index (χ2v) is 5.06. The third-order valence-corrected chi connectivity index (χ3v) is 3.14. The van der Waals surface area contributed by atoms with Gasteiger partial charge in [0, 0.05) is 5.69 Å². The summed E-state index contributed by atoms with van der Waals surface area (Å²) in [6, 6.07) is 13.1. The Morgan fingerprint density at radius 3 is 2.41 bits per heavy atom. The van der Waals surface area contributed by atoms with Crippen LogP contribution in [-0.2, 0) is 4.79 Å². The first kappa shape index (κ1) is 15.9. The number of anilines is 1. The van der Waals surface area contributed by atoms with Crippen molar-refractivity contribution in [1.82, 2.24) is 0 Å². The second-order valence-electron chi connectivity index (χ2n) is 5.06.